The summed E-state index contributed by atoms with van der Waals surface area (Å²) >= 11 is 10.9. The second-order valence-electron chi connectivity index (χ2n) is 26.4. The van der Waals surface area contributed by atoms with E-state index in [1.54, 1.807) is 11.8 Å². The van der Waals surface area contributed by atoms with E-state index < -0.39 is 51.8 Å². The zero-order valence-corrected chi connectivity index (χ0v) is 56.0. The van der Waals surface area contributed by atoms with E-state index in [4.69, 9.17) is 40.4 Å². The molecule has 0 aromatic heterocycles. The van der Waals surface area contributed by atoms with Gasteiger partial charge in [0.05, 0.1) is 40.2 Å². The van der Waals surface area contributed by atoms with E-state index in [0.717, 1.165) is 32.1 Å². The van der Waals surface area contributed by atoms with Gasteiger partial charge in [0, 0.05) is 17.1 Å². The topological polar surface area (TPSA) is 220 Å². The molecule has 0 radical (unpaired) electrons. The number of alkyl halides is 4. The minimum absolute atomic E-state index is 0.000720. The van der Waals surface area contributed by atoms with Gasteiger partial charge in [-0.05, 0) is 78.4 Å². The minimum Gasteiger partial charge on any atom is -0.368 e. The number of hydrogen-bond acceptors (Lipinski definition) is 18. The Labute approximate surface area is 493 Å². The molecular formula is C47H74I4O17S5. The summed E-state index contributed by atoms with van der Waals surface area (Å²) in [5, 5.41) is -0.919. The summed E-state index contributed by atoms with van der Waals surface area (Å²) in [6, 6.07) is 0. The predicted molar refractivity (Wildman–Crippen MR) is 309 cm³/mol. The third-order valence-electron chi connectivity index (χ3n) is 16.5. The fraction of sp³-hybridized carbons (Fsp3) is 1.00. The van der Waals surface area contributed by atoms with Crippen molar-refractivity contribution in [3.8, 4) is 0 Å². The molecule has 8 heterocycles. The van der Waals surface area contributed by atoms with Crippen LogP contribution in [0.2, 0.25) is 0 Å². The highest BCUT2D eigenvalue weighted by Gasteiger charge is 2.69. The Bertz CT molecular complexity index is 2330. The van der Waals surface area contributed by atoms with Gasteiger partial charge in [-0.2, -0.15) is 33.7 Å². The summed E-state index contributed by atoms with van der Waals surface area (Å²) in [5.74, 6) is 1.04. The van der Waals surface area contributed by atoms with E-state index >= 15 is 0 Å². The van der Waals surface area contributed by atoms with Crippen molar-refractivity contribution in [2.24, 2.45) is 45.3 Å². The summed E-state index contributed by atoms with van der Waals surface area (Å²) in [5.41, 5.74) is 0.149. The molecule has 24 atom stereocenters. The predicted octanol–water partition coefficient (Wildman–Crippen LogP) is 8.63. The number of ether oxygens (including phenoxy) is 5. The van der Waals surface area contributed by atoms with Crippen LogP contribution in [0.3, 0.4) is 0 Å². The van der Waals surface area contributed by atoms with Gasteiger partial charge in [0.25, 0.3) is 40.5 Å². The second kappa shape index (κ2) is 20.8. The fourth-order valence-electron chi connectivity index (χ4n) is 12.5. The summed E-state index contributed by atoms with van der Waals surface area (Å²) < 4.78 is 146. The van der Waals surface area contributed by atoms with E-state index in [1.807, 2.05) is 0 Å². The third kappa shape index (κ3) is 11.7. The van der Waals surface area contributed by atoms with Crippen LogP contribution in [0, 0.1) is 45.3 Å². The molecule has 0 N–H and O–H groups in total. The van der Waals surface area contributed by atoms with Crippen LogP contribution < -0.4 is 0 Å². The van der Waals surface area contributed by atoms with Crippen molar-refractivity contribution >= 4 is 143 Å². The molecule has 13 rings (SSSR count). The van der Waals surface area contributed by atoms with E-state index in [2.05, 4.69) is 173 Å². The van der Waals surface area contributed by atoms with Crippen molar-refractivity contribution in [2.45, 2.75) is 237 Å². The Morgan fingerprint density at radius 2 is 0.836 bits per heavy atom. The maximum Gasteiger partial charge on any atom is 0.273 e. The standard InChI is InChI=1S/C13H21IO4S.C12H19IO4S.C11H17IO5S.C11H17IO4S2/c1-13(2,3)12(14)17-10-7-4-5-8-9(6-7)19(15,16)18-11(8)10;1-12(2,3)11(13)16-9-6-4-7-8(5-6)18(14,15)17-10(7)9;1-11(2,3)10(12)16-7-5-4-6-8(15-5)9(7)17-18(6,13)14;1-11(2,3)10(12)15-7-5-4-6-9(17-5)8(7)16-18(6,13)14/h7-12H,4-6H2,1-3H3;6-11H,4-5H2,1-3H3;2*5-10H,4H2,1-3H3. The van der Waals surface area contributed by atoms with E-state index in [-0.39, 0.29) is 131 Å². The molecule has 73 heavy (non-hydrogen) atoms. The smallest absolute Gasteiger partial charge is 0.273 e. The van der Waals surface area contributed by atoms with E-state index in [0.29, 0.717) is 24.7 Å². The number of halogens is 4. The van der Waals surface area contributed by atoms with Crippen LogP contribution in [-0.4, -0.2) is 143 Å². The molecule has 0 aromatic rings. The molecule has 8 saturated heterocycles. The lowest BCUT2D eigenvalue weighted by Crippen LogP contribution is -2.52. The molecule has 0 spiro atoms. The van der Waals surface area contributed by atoms with Gasteiger partial charge in [0.2, 0.25) is 0 Å². The molecule has 422 valence electrons. The molecule has 5 saturated carbocycles. The third-order valence-corrected chi connectivity index (χ3v) is 34.0. The molecule has 26 heteroatoms. The van der Waals surface area contributed by atoms with Gasteiger partial charge in [0.15, 0.2) is 0 Å². The number of fused-ring (bicyclic) bond motifs is 4. The first-order valence-electron chi connectivity index (χ1n) is 25.5. The number of rotatable bonds is 8. The lowest BCUT2D eigenvalue weighted by Gasteiger charge is -2.46. The molecule has 13 aliphatic rings. The normalized spacial score (nSPS) is 46.2. The van der Waals surface area contributed by atoms with Crippen LogP contribution in [0.25, 0.3) is 0 Å². The van der Waals surface area contributed by atoms with Crippen LogP contribution in [0.5, 0.6) is 0 Å². The molecule has 8 aliphatic heterocycles. The highest BCUT2D eigenvalue weighted by atomic mass is 127. The van der Waals surface area contributed by atoms with Gasteiger partial charge in [-0.25, -0.2) is 0 Å². The highest BCUT2D eigenvalue weighted by molar-refractivity contribution is 14.1. The first-order valence-corrected chi connectivity index (χ1v) is 37.3. The van der Waals surface area contributed by atoms with Crippen molar-refractivity contribution in [2.75, 3.05) is 0 Å². The lowest BCUT2D eigenvalue weighted by atomic mass is 9.67. The van der Waals surface area contributed by atoms with Gasteiger partial charge in [-0.3, -0.25) is 16.7 Å². The largest absolute Gasteiger partial charge is 0.368 e. The van der Waals surface area contributed by atoms with Crippen LogP contribution in [-0.2, 0) is 80.9 Å². The molecule has 17 nitrogen and oxygen atoms in total. The SMILES string of the molecule is CC(C)(C)C(I)OC1C2CC3C(O2)C1OS3(=O)=O.CC(C)(C)C(I)OC1C2CC3C(S2)C1OS3(=O)=O.CC(C)(C)C(I)OC1C2CC3C1OS(=O)(=O)C3C2.CC(C)(C)C(I)OC1C2CCC3C1OS(=O)(=O)C3C2. The zero-order chi connectivity index (χ0) is 53.9. The average Bonchev–Trinajstić information content (AvgIpc) is 4.14. The second-order valence-corrected chi connectivity index (χ2v) is 39.5. The van der Waals surface area contributed by atoms with Crippen LogP contribution >= 0.6 is 102 Å². The fourth-order valence-corrected chi connectivity index (χ4v) is 23.4. The van der Waals surface area contributed by atoms with Gasteiger partial charge < -0.3 is 23.7 Å². The van der Waals surface area contributed by atoms with Crippen LogP contribution in [0.15, 0.2) is 0 Å². The Hall–Kier alpha value is 2.71. The summed E-state index contributed by atoms with van der Waals surface area (Å²) in [6.45, 7) is 25.5. The molecule has 13 fully saturated rings. The monoisotopic (exact) mass is 1580 g/mol. The molecule has 10 bridgehead atoms. The molecular weight excluding hydrogens is 1500 g/mol. The van der Waals surface area contributed by atoms with Gasteiger partial charge in [-0.1, -0.05) is 173 Å². The Morgan fingerprint density at radius 3 is 1.37 bits per heavy atom. The first kappa shape index (κ1) is 60.3. The molecule has 0 amide bonds. The molecule has 24 unspecified atom stereocenters. The first-order chi connectivity index (χ1) is 33.3. The average molecular weight is 1580 g/mol. The highest BCUT2D eigenvalue weighted by Crippen LogP contribution is 2.59. The van der Waals surface area contributed by atoms with Crippen LogP contribution in [0.1, 0.15) is 128 Å². The molecule has 5 aliphatic carbocycles. The molecule has 0 aromatic carbocycles. The summed E-state index contributed by atoms with van der Waals surface area (Å²) in [7, 11) is -13.4. The Kier molecular flexibility index (Phi) is 17.2. The summed E-state index contributed by atoms with van der Waals surface area (Å²) in [6.07, 6.45) is 3.59. The van der Waals surface area contributed by atoms with E-state index in [1.165, 1.54) is 0 Å². The summed E-state index contributed by atoms with van der Waals surface area (Å²) in [4.78, 5) is 0. The Balaban J connectivity index is 0.000000120. The number of hydrogen-bond donors (Lipinski definition) is 0. The van der Waals surface area contributed by atoms with Crippen molar-refractivity contribution in [3.63, 3.8) is 0 Å². The van der Waals surface area contributed by atoms with Gasteiger partial charge >= 0.3 is 0 Å². The van der Waals surface area contributed by atoms with Crippen molar-refractivity contribution in [1.82, 2.24) is 0 Å². The quantitative estimate of drug-likeness (QED) is 0.126. The Morgan fingerprint density at radius 1 is 0.425 bits per heavy atom. The van der Waals surface area contributed by atoms with Crippen molar-refractivity contribution < 1.29 is 74.1 Å². The minimum atomic E-state index is -3.44. The maximum absolute atomic E-state index is 12.0. The van der Waals surface area contributed by atoms with Crippen LogP contribution in [0.4, 0.5) is 0 Å². The zero-order valence-electron chi connectivity index (χ0n) is 43.3. The van der Waals surface area contributed by atoms with Gasteiger partial charge in [-0.15, -0.1) is 11.8 Å². The number of thioether (sulfide) groups is 1. The van der Waals surface area contributed by atoms with Crippen molar-refractivity contribution in [3.05, 3.63) is 0 Å². The van der Waals surface area contributed by atoms with E-state index in [9.17, 15) is 33.7 Å². The maximum atomic E-state index is 12.0. The lowest BCUT2D eigenvalue weighted by molar-refractivity contribution is -0.129. The van der Waals surface area contributed by atoms with Gasteiger partial charge in [0.1, 0.15) is 63.6 Å². The van der Waals surface area contributed by atoms with Crippen molar-refractivity contribution in [1.29, 1.82) is 0 Å².